The van der Waals surface area contributed by atoms with Crippen molar-refractivity contribution >= 4 is 29.2 Å². The van der Waals surface area contributed by atoms with Gasteiger partial charge in [0, 0.05) is 36.9 Å². The molecule has 0 aromatic heterocycles. The van der Waals surface area contributed by atoms with Gasteiger partial charge in [-0.25, -0.2) is 4.79 Å². The number of ether oxygens (including phenoxy) is 2. The predicted octanol–water partition coefficient (Wildman–Crippen LogP) is 3.18. The van der Waals surface area contributed by atoms with Crippen molar-refractivity contribution in [2.45, 2.75) is 13.0 Å². The molecule has 0 N–H and O–H groups in total. The average molecular weight is 430 g/mol. The minimum Gasteiger partial charge on any atom is -0.493 e. The zero-order valence-electron chi connectivity index (χ0n) is 17.1. The minimum atomic E-state index is -0.158. The van der Waals surface area contributed by atoms with Gasteiger partial charge in [-0.15, -0.1) is 0 Å². The Hall–Kier alpha value is -2.93. The number of hydrogen-bond acceptors (Lipinski definition) is 4. The molecular weight excluding hydrogens is 406 g/mol. The lowest BCUT2D eigenvalue weighted by molar-refractivity contribution is -0.132. The Morgan fingerprint density at radius 2 is 1.67 bits per heavy atom. The van der Waals surface area contributed by atoms with Gasteiger partial charge in [0.2, 0.25) is 5.91 Å². The highest BCUT2D eigenvalue weighted by molar-refractivity contribution is 6.30. The fraction of sp³-hybridized carbons (Fsp3) is 0.364. The molecular formula is C22H24ClN3O4. The summed E-state index contributed by atoms with van der Waals surface area (Å²) in [5.74, 6) is 1.29. The van der Waals surface area contributed by atoms with Crippen LogP contribution in [0.1, 0.15) is 11.1 Å². The maximum atomic E-state index is 12.9. The van der Waals surface area contributed by atoms with Gasteiger partial charge in [0.1, 0.15) is 6.54 Å². The molecule has 2 aliphatic heterocycles. The lowest BCUT2D eigenvalue weighted by atomic mass is 9.98. The van der Waals surface area contributed by atoms with Crippen molar-refractivity contribution in [1.29, 1.82) is 0 Å². The Balaban J connectivity index is 1.41. The molecule has 0 unspecified atom stereocenters. The molecule has 0 aliphatic carbocycles. The molecule has 4 rings (SSSR count). The van der Waals surface area contributed by atoms with Crippen LogP contribution < -0.4 is 14.4 Å². The summed E-state index contributed by atoms with van der Waals surface area (Å²) in [4.78, 5) is 30.8. The van der Waals surface area contributed by atoms with E-state index in [-0.39, 0.29) is 18.5 Å². The van der Waals surface area contributed by atoms with Crippen LogP contribution in [-0.4, -0.2) is 62.1 Å². The fourth-order valence-corrected chi connectivity index (χ4v) is 4.08. The van der Waals surface area contributed by atoms with Crippen molar-refractivity contribution < 1.29 is 19.1 Å². The normalized spacial score (nSPS) is 16.0. The van der Waals surface area contributed by atoms with Crippen LogP contribution >= 0.6 is 11.6 Å². The SMILES string of the molecule is COc1cc2c(cc1OC)CN(C(=O)CN1CCN(c3ccc(Cl)cc3)C1=O)CC2. The maximum Gasteiger partial charge on any atom is 0.325 e. The number of halogens is 1. The van der Waals surface area contributed by atoms with Crippen molar-refractivity contribution in [2.24, 2.45) is 0 Å². The van der Waals surface area contributed by atoms with E-state index in [2.05, 4.69) is 0 Å². The van der Waals surface area contributed by atoms with E-state index in [9.17, 15) is 9.59 Å². The highest BCUT2D eigenvalue weighted by Gasteiger charge is 2.32. The van der Waals surface area contributed by atoms with E-state index < -0.39 is 0 Å². The Kier molecular flexibility index (Phi) is 5.72. The first-order valence-corrected chi connectivity index (χ1v) is 10.2. The Labute approximate surface area is 180 Å². The maximum absolute atomic E-state index is 12.9. The fourth-order valence-electron chi connectivity index (χ4n) is 3.95. The van der Waals surface area contributed by atoms with Gasteiger partial charge in [-0.1, -0.05) is 11.6 Å². The van der Waals surface area contributed by atoms with Crippen LogP contribution in [0.5, 0.6) is 11.5 Å². The molecule has 30 heavy (non-hydrogen) atoms. The number of nitrogens with zero attached hydrogens (tertiary/aromatic N) is 3. The molecule has 0 atom stereocenters. The third kappa shape index (κ3) is 3.89. The van der Waals surface area contributed by atoms with Crippen LogP contribution in [0.3, 0.4) is 0 Å². The van der Waals surface area contributed by atoms with Gasteiger partial charge in [0.05, 0.1) is 14.2 Å². The Morgan fingerprint density at radius 3 is 2.33 bits per heavy atom. The number of benzene rings is 2. The van der Waals surface area contributed by atoms with Crippen molar-refractivity contribution in [3.05, 3.63) is 52.5 Å². The molecule has 0 spiro atoms. The molecule has 1 fully saturated rings. The van der Waals surface area contributed by atoms with Crippen LogP contribution in [0.2, 0.25) is 5.02 Å². The van der Waals surface area contributed by atoms with Crippen LogP contribution in [0, 0.1) is 0 Å². The van der Waals surface area contributed by atoms with E-state index in [1.165, 1.54) is 0 Å². The topological polar surface area (TPSA) is 62.3 Å². The van der Waals surface area contributed by atoms with Gasteiger partial charge in [-0.2, -0.15) is 0 Å². The molecule has 7 nitrogen and oxygen atoms in total. The largest absolute Gasteiger partial charge is 0.493 e. The Bertz CT molecular complexity index is 964. The summed E-state index contributed by atoms with van der Waals surface area (Å²) < 4.78 is 10.8. The highest BCUT2D eigenvalue weighted by Crippen LogP contribution is 2.33. The zero-order chi connectivity index (χ0) is 21.3. The van der Waals surface area contributed by atoms with Crippen LogP contribution in [0.25, 0.3) is 0 Å². The van der Waals surface area contributed by atoms with Gasteiger partial charge in [0.15, 0.2) is 11.5 Å². The molecule has 2 aliphatic rings. The summed E-state index contributed by atoms with van der Waals surface area (Å²) in [6.07, 6.45) is 0.742. The van der Waals surface area contributed by atoms with Gasteiger partial charge in [0.25, 0.3) is 0 Å². The second-order valence-corrected chi connectivity index (χ2v) is 7.81. The van der Waals surface area contributed by atoms with Crippen molar-refractivity contribution in [1.82, 2.24) is 9.80 Å². The number of hydrogen-bond donors (Lipinski definition) is 0. The van der Waals surface area contributed by atoms with E-state index in [0.717, 1.165) is 23.2 Å². The molecule has 0 bridgehead atoms. The van der Waals surface area contributed by atoms with Crippen LogP contribution in [-0.2, 0) is 17.8 Å². The predicted molar refractivity (Wildman–Crippen MR) is 114 cm³/mol. The highest BCUT2D eigenvalue weighted by atomic mass is 35.5. The first-order chi connectivity index (χ1) is 14.5. The number of carbonyl (C=O) groups is 2. The molecule has 2 heterocycles. The summed E-state index contributed by atoms with van der Waals surface area (Å²) in [5, 5.41) is 0.622. The Morgan fingerprint density at radius 1 is 1.00 bits per heavy atom. The smallest absolute Gasteiger partial charge is 0.325 e. The number of rotatable bonds is 5. The number of methoxy groups -OCH3 is 2. The lowest BCUT2D eigenvalue weighted by Gasteiger charge is -2.31. The molecule has 3 amide bonds. The molecule has 0 saturated carbocycles. The summed E-state index contributed by atoms with van der Waals surface area (Å²) in [6, 6.07) is 10.9. The molecule has 8 heteroatoms. The average Bonchev–Trinajstić information content (AvgIpc) is 3.12. The quantitative estimate of drug-likeness (QED) is 0.732. The third-order valence-corrected chi connectivity index (χ3v) is 5.88. The van der Waals surface area contributed by atoms with E-state index in [0.29, 0.717) is 42.7 Å². The molecule has 2 aromatic rings. The number of fused-ring (bicyclic) bond motifs is 1. The van der Waals surface area contributed by atoms with E-state index in [4.69, 9.17) is 21.1 Å². The molecule has 2 aromatic carbocycles. The van der Waals surface area contributed by atoms with Gasteiger partial charge in [-0.05, 0) is 53.9 Å². The first-order valence-electron chi connectivity index (χ1n) is 9.83. The molecule has 1 saturated heterocycles. The summed E-state index contributed by atoms with van der Waals surface area (Å²) in [5.41, 5.74) is 2.98. The number of amides is 3. The van der Waals surface area contributed by atoms with Gasteiger partial charge < -0.3 is 19.3 Å². The third-order valence-electron chi connectivity index (χ3n) is 5.63. The van der Waals surface area contributed by atoms with Crippen molar-refractivity contribution in [3.63, 3.8) is 0 Å². The summed E-state index contributed by atoms with van der Waals surface area (Å²) >= 11 is 5.93. The number of urea groups is 1. The number of carbonyl (C=O) groups excluding carboxylic acids is 2. The van der Waals surface area contributed by atoms with E-state index in [1.54, 1.807) is 41.1 Å². The summed E-state index contributed by atoms with van der Waals surface area (Å²) in [7, 11) is 3.21. The second kappa shape index (κ2) is 8.44. The lowest BCUT2D eigenvalue weighted by Crippen LogP contribution is -2.44. The minimum absolute atomic E-state index is 0.0539. The van der Waals surface area contributed by atoms with E-state index in [1.807, 2.05) is 24.3 Å². The second-order valence-electron chi connectivity index (χ2n) is 7.37. The van der Waals surface area contributed by atoms with Crippen LogP contribution in [0.15, 0.2) is 36.4 Å². The van der Waals surface area contributed by atoms with Crippen molar-refractivity contribution in [3.8, 4) is 11.5 Å². The molecule has 158 valence electrons. The number of anilines is 1. The van der Waals surface area contributed by atoms with E-state index >= 15 is 0 Å². The summed E-state index contributed by atoms with van der Waals surface area (Å²) in [6.45, 7) is 2.25. The van der Waals surface area contributed by atoms with Gasteiger partial charge >= 0.3 is 6.03 Å². The zero-order valence-corrected chi connectivity index (χ0v) is 17.8. The van der Waals surface area contributed by atoms with Crippen LogP contribution in [0.4, 0.5) is 10.5 Å². The monoisotopic (exact) mass is 429 g/mol. The molecule has 0 radical (unpaired) electrons. The standard InChI is InChI=1S/C22H24ClN3O4/c1-29-19-11-15-7-8-24(13-16(15)12-20(19)30-2)21(27)14-25-9-10-26(22(25)28)18-5-3-17(23)4-6-18/h3-6,11-12H,7-10,13-14H2,1-2H3. The first kappa shape index (κ1) is 20.3. The van der Waals surface area contributed by atoms with Gasteiger partial charge in [-0.3, -0.25) is 9.69 Å². The van der Waals surface area contributed by atoms with Crippen molar-refractivity contribution in [2.75, 3.05) is 45.3 Å².